The molecule has 4 rings (SSSR count). The van der Waals surface area contributed by atoms with Gasteiger partial charge in [-0.05, 0) is 43.5 Å². The Kier molecular flexibility index (Phi) is 7.13. The Morgan fingerprint density at radius 3 is 2.34 bits per heavy atom. The van der Waals surface area contributed by atoms with Crippen molar-refractivity contribution in [1.29, 1.82) is 0 Å². The fraction of sp³-hybridized carbons (Fsp3) is 0.458. The first-order chi connectivity index (χ1) is 15.5. The predicted octanol–water partition coefficient (Wildman–Crippen LogP) is 3.19. The van der Waals surface area contributed by atoms with Gasteiger partial charge in [-0.3, -0.25) is 4.79 Å². The first kappa shape index (κ1) is 22.8. The van der Waals surface area contributed by atoms with E-state index < -0.39 is 10.0 Å². The molecule has 2 aliphatic rings. The molecule has 2 aromatic rings. The molecule has 8 heteroatoms. The van der Waals surface area contributed by atoms with Gasteiger partial charge in [0.2, 0.25) is 10.0 Å². The van der Waals surface area contributed by atoms with Gasteiger partial charge in [-0.2, -0.15) is 4.31 Å². The smallest absolute Gasteiger partial charge is 0.253 e. The number of nitrogens with one attached hydrogen (secondary N) is 1. The number of hydrogen-bond donors (Lipinski definition) is 1. The number of hydrogen-bond acceptors (Lipinski definition) is 5. The summed E-state index contributed by atoms with van der Waals surface area (Å²) in [6.45, 7) is 5.46. The van der Waals surface area contributed by atoms with E-state index in [1.54, 1.807) is 18.2 Å². The summed E-state index contributed by atoms with van der Waals surface area (Å²) in [5.74, 6) is -0.279. The lowest BCUT2D eigenvalue weighted by molar-refractivity contribution is 0.0938. The molecule has 0 saturated carbocycles. The normalized spacial score (nSPS) is 18.8. The van der Waals surface area contributed by atoms with Gasteiger partial charge in [-0.1, -0.05) is 36.8 Å². The van der Waals surface area contributed by atoms with Crippen LogP contribution in [0.25, 0.3) is 0 Å². The highest BCUT2D eigenvalue weighted by molar-refractivity contribution is 7.89. The molecule has 0 bridgehead atoms. The second-order valence-electron chi connectivity index (χ2n) is 8.35. The quantitative estimate of drug-likeness (QED) is 0.721. The van der Waals surface area contributed by atoms with E-state index in [9.17, 15) is 13.2 Å². The van der Waals surface area contributed by atoms with Crippen molar-refractivity contribution in [2.45, 2.75) is 37.1 Å². The molecule has 0 spiro atoms. The van der Waals surface area contributed by atoms with Crippen molar-refractivity contribution in [3.63, 3.8) is 0 Å². The minimum Gasteiger partial charge on any atom is -0.378 e. The lowest BCUT2D eigenvalue weighted by Crippen LogP contribution is -2.39. The number of anilines is 1. The summed E-state index contributed by atoms with van der Waals surface area (Å²) in [7, 11) is -3.64. The van der Waals surface area contributed by atoms with E-state index in [0.29, 0.717) is 45.0 Å². The van der Waals surface area contributed by atoms with E-state index in [-0.39, 0.29) is 16.8 Å². The van der Waals surface area contributed by atoms with Gasteiger partial charge in [0.05, 0.1) is 29.7 Å². The number of ether oxygens (including phenoxy) is 1. The molecule has 0 aromatic heterocycles. The number of amides is 1. The third-order valence-electron chi connectivity index (χ3n) is 6.16. The molecule has 2 aromatic carbocycles. The molecule has 32 heavy (non-hydrogen) atoms. The Hall–Kier alpha value is -2.42. The van der Waals surface area contributed by atoms with Crippen LogP contribution < -0.4 is 10.2 Å². The topological polar surface area (TPSA) is 79.0 Å². The number of sulfonamides is 1. The van der Waals surface area contributed by atoms with Gasteiger partial charge in [0.1, 0.15) is 0 Å². The van der Waals surface area contributed by atoms with Gasteiger partial charge in [-0.15, -0.1) is 0 Å². The van der Waals surface area contributed by atoms with E-state index in [1.807, 2.05) is 37.3 Å². The molecule has 2 saturated heterocycles. The lowest BCUT2D eigenvalue weighted by Gasteiger charge is -2.31. The van der Waals surface area contributed by atoms with Crippen LogP contribution >= 0.6 is 0 Å². The SMILES string of the molecule is CC(NC(=O)c1cc(S(=O)(=O)N2CCCCC2)ccc1N1CCOCC1)c1ccccc1. The van der Waals surface area contributed by atoms with Crippen molar-refractivity contribution < 1.29 is 17.9 Å². The number of carbonyl (C=O) groups excluding carboxylic acids is 1. The standard InChI is InChI=1S/C24H31N3O4S/c1-19(20-8-4-2-5-9-20)25-24(28)22-18-21(32(29,30)27-12-6-3-7-13-27)10-11-23(22)26-14-16-31-17-15-26/h2,4-5,8-11,18-19H,3,6-7,12-17H2,1H3,(H,25,28). The molecule has 7 nitrogen and oxygen atoms in total. The zero-order valence-corrected chi connectivity index (χ0v) is 19.3. The molecule has 1 N–H and O–H groups in total. The average Bonchev–Trinajstić information content (AvgIpc) is 2.85. The van der Waals surface area contributed by atoms with Crippen molar-refractivity contribution in [3.8, 4) is 0 Å². The highest BCUT2D eigenvalue weighted by Gasteiger charge is 2.29. The molecule has 2 aliphatic heterocycles. The van der Waals surface area contributed by atoms with Crippen LogP contribution in [0.5, 0.6) is 0 Å². The lowest BCUT2D eigenvalue weighted by atomic mass is 10.1. The molecule has 1 unspecified atom stereocenters. The minimum absolute atomic E-state index is 0.175. The number of benzene rings is 2. The first-order valence-corrected chi connectivity index (χ1v) is 12.7. The van der Waals surface area contributed by atoms with Crippen LogP contribution in [-0.4, -0.2) is 58.0 Å². The maximum Gasteiger partial charge on any atom is 0.253 e. The van der Waals surface area contributed by atoms with Crippen molar-refractivity contribution in [3.05, 3.63) is 59.7 Å². The van der Waals surface area contributed by atoms with Gasteiger partial charge < -0.3 is 15.0 Å². The molecule has 2 fully saturated rings. The fourth-order valence-electron chi connectivity index (χ4n) is 4.29. The third-order valence-corrected chi connectivity index (χ3v) is 8.06. The van der Waals surface area contributed by atoms with Crippen LogP contribution in [0.15, 0.2) is 53.4 Å². The maximum absolute atomic E-state index is 13.4. The highest BCUT2D eigenvalue weighted by atomic mass is 32.2. The number of rotatable bonds is 6. The van der Waals surface area contributed by atoms with Crippen LogP contribution in [0.4, 0.5) is 5.69 Å². The summed E-state index contributed by atoms with van der Waals surface area (Å²) in [4.78, 5) is 15.6. The summed E-state index contributed by atoms with van der Waals surface area (Å²) < 4.78 is 33.5. The fourth-order valence-corrected chi connectivity index (χ4v) is 5.84. The minimum atomic E-state index is -3.64. The van der Waals surface area contributed by atoms with Gasteiger partial charge in [-0.25, -0.2) is 8.42 Å². The molecule has 1 amide bonds. The van der Waals surface area contributed by atoms with Crippen LogP contribution in [0.2, 0.25) is 0 Å². The summed E-state index contributed by atoms with van der Waals surface area (Å²) in [6, 6.07) is 14.5. The summed E-state index contributed by atoms with van der Waals surface area (Å²) >= 11 is 0. The molecule has 0 radical (unpaired) electrons. The van der Waals surface area contributed by atoms with E-state index in [4.69, 9.17) is 4.74 Å². The Balaban J connectivity index is 1.66. The molecular formula is C24H31N3O4S. The van der Waals surface area contributed by atoms with Crippen LogP contribution in [0.3, 0.4) is 0 Å². The Morgan fingerprint density at radius 2 is 1.66 bits per heavy atom. The van der Waals surface area contributed by atoms with E-state index >= 15 is 0 Å². The predicted molar refractivity (Wildman–Crippen MR) is 124 cm³/mol. The first-order valence-electron chi connectivity index (χ1n) is 11.3. The third kappa shape index (κ3) is 4.98. The van der Waals surface area contributed by atoms with Crippen molar-refractivity contribution in [2.75, 3.05) is 44.3 Å². The van der Waals surface area contributed by atoms with E-state index in [0.717, 1.165) is 30.5 Å². The Morgan fingerprint density at radius 1 is 0.969 bits per heavy atom. The molecule has 172 valence electrons. The number of carbonyl (C=O) groups is 1. The van der Waals surface area contributed by atoms with Crippen molar-refractivity contribution >= 4 is 21.6 Å². The number of nitrogens with zero attached hydrogens (tertiary/aromatic N) is 2. The van der Waals surface area contributed by atoms with Crippen molar-refractivity contribution in [1.82, 2.24) is 9.62 Å². The largest absolute Gasteiger partial charge is 0.378 e. The van der Waals surface area contributed by atoms with Gasteiger partial charge >= 0.3 is 0 Å². The maximum atomic E-state index is 13.4. The van der Waals surface area contributed by atoms with Gasteiger partial charge in [0.15, 0.2) is 0 Å². The van der Waals surface area contributed by atoms with Crippen molar-refractivity contribution in [2.24, 2.45) is 0 Å². The molecule has 2 heterocycles. The van der Waals surface area contributed by atoms with Crippen LogP contribution in [0.1, 0.15) is 48.1 Å². The average molecular weight is 458 g/mol. The zero-order valence-electron chi connectivity index (χ0n) is 18.5. The van der Waals surface area contributed by atoms with Gasteiger partial charge in [0.25, 0.3) is 5.91 Å². The van der Waals surface area contributed by atoms with Crippen LogP contribution in [0, 0.1) is 0 Å². The summed E-state index contributed by atoms with van der Waals surface area (Å²) in [5.41, 5.74) is 2.11. The van der Waals surface area contributed by atoms with E-state index in [2.05, 4.69) is 10.2 Å². The highest BCUT2D eigenvalue weighted by Crippen LogP contribution is 2.28. The summed E-state index contributed by atoms with van der Waals surface area (Å²) in [5, 5.41) is 3.04. The molecular weight excluding hydrogens is 426 g/mol. The Labute approximate surface area is 190 Å². The van der Waals surface area contributed by atoms with Gasteiger partial charge in [0, 0.05) is 31.9 Å². The molecule has 1 atom stereocenters. The zero-order chi connectivity index (χ0) is 22.6. The van der Waals surface area contributed by atoms with E-state index in [1.165, 1.54) is 4.31 Å². The second-order valence-corrected chi connectivity index (χ2v) is 10.3. The number of morpholine rings is 1. The number of piperidine rings is 1. The second kappa shape index (κ2) is 10.0. The Bertz CT molecular complexity index is 1030. The monoisotopic (exact) mass is 457 g/mol. The van der Waals surface area contributed by atoms with Crippen LogP contribution in [-0.2, 0) is 14.8 Å². The molecule has 0 aliphatic carbocycles. The summed E-state index contributed by atoms with van der Waals surface area (Å²) in [6.07, 6.45) is 2.78.